The van der Waals surface area contributed by atoms with Gasteiger partial charge in [-0.25, -0.2) is 8.42 Å². The van der Waals surface area contributed by atoms with E-state index in [1.165, 1.54) is 30.4 Å². The molecule has 2 aromatic rings. The number of aryl methyl sites for hydroxylation is 1. The van der Waals surface area contributed by atoms with Gasteiger partial charge in [0.2, 0.25) is 0 Å². The van der Waals surface area contributed by atoms with Crippen LogP contribution in [0.15, 0.2) is 34.8 Å². The number of anilines is 1. The predicted octanol–water partition coefficient (Wildman–Crippen LogP) is 2.50. The van der Waals surface area contributed by atoms with E-state index in [1.807, 2.05) is 13.0 Å². The molecule has 2 heterocycles. The van der Waals surface area contributed by atoms with Crippen molar-refractivity contribution in [3.05, 3.63) is 41.0 Å². The van der Waals surface area contributed by atoms with Gasteiger partial charge in [0.25, 0.3) is 10.0 Å². The average Bonchev–Trinajstić information content (AvgIpc) is 3.12. The van der Waals surface area contributed by atoms with E-state index in [0.29, 0.717) is 15.9 Å². The predicted molar refractivity (Wildman–Crippen MR) is 84.0 cm³/mol. The summed E-state index contributed by atoms with van der Waals surface area (Å²) in [5.41, 5.74) is 1.40. The van der Waals surface area contributed by atoms with Crippen LogP contribution in [0, 0.1) is 6.92 Å². The number of pyridine rings is 1. The van der Waals surface area contributed by atoms with Gasteiger partial charge >= 0.3 is 0 Å². The van der Waals surface area contributed by atoms with Crippen molar-refractivity contribution in [2.45, 2.75) is 36.6 Å². The first-order valence-electron chi connectivity index (χ1n) is 6.79. The lowest BCUT2D eigenvalue weighted by Crippen LogP contribution is -2.14. The first-order chi connectivity index (χ1) is 10.0. The fraction of sp³-hybridized carbons (Fsp3) is 0.357. The fourth-order valence-electron chi connectivity index (χ4n) is 1.95. The third-order valence-electron chi connectivity index (χ3n) is 3.17. The van der Waals surface area contributed by atoms with E-state index in [4.69, 9.17) is 0 Å². The highest BCUT2D eigenvalue weighted by Crippen LogP contribution is 2.25. The smallest absolute Gasteiger partial charge is 0.271 e. The summed E-state index contributed by atoms with van der Waals surface area (Å²) in [7, 11) is -3.53. The molecule has 0 amide bonds. The van der Waals surface area contributed by atoms with Crippen LogP contribution in [0.4, 0.5) is 5.69 Å². The topological polar surface area (TPSA) is 71.1 Å². The Morgan fingerprint density at radius 2 is 2.14 bits per heavy atom. The highest BCUT2D eigenvalue weighted by atomic mass is 32.2. The molecule has 1 aliphatic carbocycles. The third kappa shape index (κ3) is 3.81. The van der Waals surface area contributed by atoms with Crippen molar-refractivity contribution in [2.24, 2.45) is 0 Å². The van der Waals surface area contributed by atoms with Crippen LogP contribution in [0.2, 0.25) is 0 Å². The maximum atomic E-state index is 12.3. The minimum absolute atomic E-state index is 0.330. The molecule has 0 aromatic carbocycles. The summed E-state index contributed by atoms with van der Waals surface area (Å²) in [6.45, 7) is 2.61. The molecule has 21 heavy (non-hydrogen) atoms. The molecular weight excluding hydrogens is 306 g/mol. The van der Waals surface area contributed by atoms with Crippen molar-refractivity contribution in [3.63, 3.8) is 0 Å². The van der Waals surface area contributed by atoms with Crippen LogP contribution in [0.1, 0.15) is 23.3 Å². The lowest BCUT2D eigenvalue weighted by molar-refractivity contribution is 0.603. The van der Waals surface area contributed by atoms with Crippen LogP contribution >= 0.6 is 11.3 Å². The number of rotatable bonds is 6. The number of hydrogen-bond acceptors (Lipinski definition) is 5. The molecule has 0 unspecified atom stereocenters. The summed E-state index contributed by atoms with van der Waals surface area (Å²) >= 11 is 1.30. The van der Waals surface area contributed by atoms with Gasteiger partial charge < -0.3 is 5.32 Å². The lowest BCUT2D eigenvalue weighted by atomic mass is 10.3. The largest absolute Gasteiger partial charge is 0.309 e. The van der Waals surface area contributed by atoms with E-state index in [1.54, 1.807) is 18.3 Å². The molecule has 0 atom stereocenters. The quantitative estimate of drug-likeness (QED) is 0.857. The van der Waals surface area contributed by atoms with Gasteiger partial charge in [-0.1, -0.05) is 0 Å². The average molecular weight is 323 g/mol. The van der Waals surface area contributed by atoms with Crippen molar-refractivity contribution < 1.29 is 8.42 Å². The minimum Gasteiger partial charge on any atom is -0.309 e. The maximum Gasteiger partial charge on any atom is 0.271 e. The summed E-state index contributed by atoms with van der Waals surface area (Å²) in [6.07, 6.45) is 5.63. The van der Waals surface area contributed by atoms with Crippen molar-refractivity contribution in [1.29, 1.82) is 0 Å². The molecule has 1 saturated carbocycles. The molecule has 2 N–H and O–H groups in total. The van der Waals surface area contributed by atoms with Crippen LogP contribution in [0.3, 0.4) is 0 Å². The summed E-state index contributed by atoms with van der Waals surface area (Å²) in [5.74, 6) is 0. The molecule has 5 nitrogen and oxygen atoms in total. The third-order valence-corrected chi connectivity index (χ3v) is 6.13. The molecule has 1 fully saturated rings. The molecule has 7 heteroatoms. The van der Waals surface area contributed by atoms with Gasteiger partial charge in [-0.3, -0.25) is 9.71 Å². The molecule has 2 aromatic heterocycles. The number of aromatic nitrogens is 1. The number of hydrogen-bond donors (Lipinski definition) is 2. The SMILES string of the molecule is Cc1cncc(NS(=O)(=O)c2ccc(CNC3CC3)s2)c1. The number of sulfonamides is 1. The van der Waals surface area contributed by atoms with E-state index >= 15 is 0 Å². The molecule has 0 aliphatic heterocycles. The zero-order valence-electron chi connectivity index (χ0n) is 11.7. The number of nitrogens with one attached hydrogen (secondary N) is 2. The Morgan fingerprint density at radius 3 is 2.86 bits per heavy atom. The minimum atomic E-state index is -3.53. The van der Waals surface area contributed by atoms with E-state index in [9.17, 15) is 8.42 Å². The van der Waals surface area contributed by atoms with Gasteiger partial charge in [0.1, 0.15) is 4.21 Å². The summed E-state index contributed by atoms with van der Waals surface area (Å²) < 4.78 is 27.6. The van der Waals surface area contributed by atoms with E-state index in [0.717, 1.165) is 17.0 Å². The zero-order valence-corrected chi connectivity index (χ0v) is 13.3. The van der Waals surface area contributed by atoms with Gasteiger partial charge in [0.15, 0.2) is 0 Å². The van der Waals surface area contributed by atoms with Crippen LogP contribution in [-0.4, -0.2) is 19.4 Å². The van der Waals surface area contributed by atoms with Gasteiger partial charge in [0.05, 0.1) is 11.9 Å². The molecule has 112 valence electrons. The second-order valence-electron chi connectivity index (χ2n) is 5.23. The van der Waals surface area contributed by atoms with Crippen LogP contribution in [-0.2, 0) is 16.6 Å². The van der Waals surface area contributed by atoms with Crippen molar-refractivity contribution in [2.75, 3.05) is 4.72 Å². The van der Waals surface area contributed by atoms with Crippen LogP contribution in [0.5, 0.6) is 0 Å². The second-order valence-corrected chi connectivity index (χ2v) is 8.31. The summed E-state index contributed by atoms with van der Waals surface area (Å²) in [6, 6.07) is 5.89. The van der Waals surface area contributed by atoms with E-state index in [-0.39, 0.29) is 0 Å². The molecule has 0 saturated heterocycles. The first kappa shape index (κ1) is 14.5. The molecule has 0 bridgehead atoms. The number of nitrogens with zero attached hydrogens (tertiary/aromatic N) is 1. The zero-order chi connectivity index (χ0) is 14.9. The Labute approximate surface area is 128 Å². The van der Waals surface area contributed by atoms with Gasteiger partial charge in [-0.05, 0) is 43.5 Å². The fourth-order valence-corrected chi connectivity index (χ4v) is 4.29. The lowest BCUT2D eigenvalue weighted by Gasteiger charge is -2.06. The maximum absolute atomic E-state index is 12.3. The van der Waals surface area contributed by atoms with E-state index < -0.39 is 10.0 Å². The second kappa shape index (κ2) is 5.75. The van der Waals surface area contributed by atoms with Gasteiger partial charge in [-0.2, -0.15) is 0 Å². The molecule has 1 aliphatic rings. The molecule has 3 rings (SSSR count). The molecule has 0 radical (unpaired) electrons. The van der Waals surface area contributed by atoms with Crippen LogP contribution in [0.25, 0.3) is 0 Å². The van der Waals surface area contributed by atoms with Crippen molar-refractivity contribution in [3.8, 4) is 0 Å². The summed E-state index contributed by atoms with van der Waals surface area (Å²) in [5, 5.41) is 3.38. The van der Waals surface area contributed by atoms with Gasteiger partial charge in [-0.15, -0.1) is 11.3 Å². The Bertz CT molecular complexity index is 736. The number of thiophene rings is 1. The highest BCUT2D eigenvalue weighted by Gasteiger charge is 2.21. The van der Waals surface area contributed by atoms with Crippen LogP contribution < -0.4 is 10.0 Å². The highest BCUT2D eigenvalue weighted by molar-refractivity contribution is 7.94. The van der Waals surface area contributed by atoms with Gasteiger partial charge in [0, 0.05) is 23.7 Å². The standard InChI is InChI=1S/C14H17N3O2S2/c1-10-6-12(8-15-7-10)17-21(18,19)14-5-4-13(20-14)9-16-11-2-3-11/h4-8,11,16-17H,2-3,9H2,1H3. The van der Waals surface area contributed by atoms with Crippen molar-refractivity contribution >= 4 is 27.0 Å². The van der Waals surface area contributed by atoms with E-state index in [2.05, 4.69) is 15.0 Å². The first-order valence-corrected chi connectivity index (χ1v) is 9.09. The Morgan fingerprint density at radius 1 is 1.33 bits per heavy atom. The Balaban J connectivity index is 1.71. The molecular formula is C14H17N3O2S2. The van der Waals surface area contributed by atoms with Crippen molar-refractivity contribution in [1.82, 2.24) is 10.3 Å². The Kier molecular flexibility index (Phi) is 3.97. The molecule has 0 spiro atoms. The monoisotopic (exact) mass is 323 g/mol. The Hall–Kier alpha value is -1.44. The normalized spacial score (nSPS) is 15.1. The summed E-state index contributed by atoms with van der Waals surface area (Å²) in [4.78, 5) is 5.02.